The maximum absolute atomic E-state index is 11.2. The van der Waals surface area contributed by atoms with Crippen LogP contribution in [-0.2, 0) is 0 Å². The molecule has 0 bridgehead atoms. The Labute approximate surface area is 110 Å². The van der Waals surface area contributed by atoms with Crippen molar-refractivity contribution in [2.75, 3.05) is 13.2 Å². The molecule has 1 unspecified atom stereocenters. The molecule has 0 saturated carbocycles. The second-order valence-electron chi connectivity index (χ2n) is 4.54. The first-order valence-corrected chi connectivity index (χ1v) is 6.10. The predicted molar refractivity (Wildman–Crippen MR) is 70.5 cm³/mol. The van der Waals surface area contributed by atoms with E-state index < -0.39 is 11.4 Å². The molecule has 5 nitrogen and oxygen atoms in total. The molecule has 0 aliphatic rings. The van der Waals surface area contributed by atoms with Gasteiger partial charge in [-0.3, -0.25) is 0 Å². The minimum absolute atomic E-state index is 0.134. The molecule has 19 heavy (non-hydrogen) atoms. The number of aliphatic hydroxyl groups is 1. The zero-order valence-corrected chi connectivity index (χ0v) is 10.6. The van der Waals surface area contributed by atoms with Crippen LogP contribution in [0.3, 0.4) is 0 Å². The topological polar surface area (TPSA) is 79.9 Å². The number of aromatic hydroxyl groups is 1. The van der Waals surface area contributed by atoms with Gasteiger partial charge in [-0.25, -0.2) is 4.79 Å². The summed E-state index contributed by atoms with van der Waals surface area (Å²) in [5.41, 5.74) is -0.394. The molecule has 0 radical (unpaired) electrons. The molecule has 0 aliphatic carbocycles. The van der Waals surface area contributed by atoms with Gasteiger partial charge in [0.05, 0.1) is 6.61 Å². The van der Waals surface area contributed by atoms with Gasteiger partial charge in [0.15, 0.2) is 0 Å². The van der Waals surface area contributed by atoms with Gasteiger partial charge in [-0.15, -0.1) is 0 Å². The lowest BCUT2D eigenvalue weighted by Gasteiger charge is -2.09. The summed E-state index contributed by atoms with van der Waals surface area (Å²) in [5, 5.41) is 18.8. The molecule has 0 fully saturated rings. The molecular weight excluding hydrogens is 248 g/mol. The maximum atomic E-state index is 11.2. The van der Waals surface area contributed by atoms with Crippen molar-refractivity contribution in [3.05, 3.63) is 34.7 Å². The van der Waals surface area contributed by atoms with Crippen molar-refractivity contribution in [1.29, 1.82) is 0 Å². The highest BCUT2D eigenvalue weighted by Gasteiger charge is 2.05. The Morgan fingerprint density at radius 3 is 2.89 bits per heavy atom. The van der Waals surface area contributed by atoms with Gasteiger partial charge < -0.3 is 19.4 Å². The molecule has 0 saturated heterocycles. The SMILES string of the molecule is CC(CO)CCOc1ccc2cc(O)c(=O)oc2c1. The second-order valence-corrected chi connectivity index (χ2v) is 4.54. The monoisotopic (exact) mass is 264 g/mol. The van der Waals surface area contributed by atoms with Gasteiger partial charge in [0, 0.05) is 18.1 Å². The number of fused-ring (bicyclic) bond motifs is 1. The fourth-order valence-electron chi connectivity index (χ4n) is 1.64. The second kappa shape index (κ2) is 5.75. The highest BCUT2D eigenvalue weighted by molar-refractivity contribution is 5.79. The van der Waals surface area contributed by atoms with Crippen molar-refractivity contribution >= 4 is 11.0 Å². The zero-order valence-electron chi connectivity index (χ0n) is 10.6. The Bertz CT molecular complexity index is 617. The molecule has 0 amide bonds. The van der Waals surface area contributed by atoms with E-state index in [9.17, 15) is 9.90 Å². The van der Waals surface area contributed by atoms with Gasteiger partial charge in [0.1, 0.15) is 11.3 Å². The van der Waals surface area contributed by atoms with Crippen LogP contribution in [0.15, 0.2) is 33.5 Å². The Hall–Kier alpha value is -2.01. The van der Waals surface area contributed by atoms with E-state index >= 15 is 0 Å². The lowest BCUT2D eigenvalue weighted by molar-refractivity contribution is 0.202. The molecule has 0 aliphatic heterocycles. The lowest BCUT2D eigenvalue weighted by Crippen LogP contribution is -2.07. The van der Waals surface area contributed by atoms with E-state index in [2.05, 4.69) is 0 Å². The number of hydrogen-bond acceptors (Lipinski definition) is 5. The van der Waals surface area contributed by atoms with E-state index in [-0.39, 0.29) is 12.5 Å². The molecule has 5 heteroatoms. The quantitative estimate of drug-likeness (QED) is 0.806. The van der Waals surface area contributed by atoms with E-state index in [1.807, 2.05) is 6.92 Å². The van der Waals surface area contributed by atoms with Crippen LogP contribution in [0.25, 0.3) is 11.0 Å². The van der Waals surface area contributed by atoms with Crippen LogP contribution in [-0.4, -0.2) is 23.4 Å². The molecule has 0 spiro atoms. The average Bonchev–Trinajstić information content (AvgIpc) is 2.40. The maximum Gasteiger partial charge on any atom is 0.378 e. The van der Waals surface area contributed by atoms with Crippen LogP contribution >= 0.6 is 0 Å². The first kappa shape index (κ1) is 13.4. The van der Waals surface area contributed by atoms with Gasteiger partial charge in [-0.05, 0) is 30.5 Å². The van der Waals surface area contributed by atoms with E-state index in [0.29, 0.717) is 23.3 Å². The fraction of sp³-hybridized carbons (Fsp3) is 0.357. The van der Waals surface area contributed by atoms with Crippen molar-refractivity contribution in [3.63, 3.8) is 0 Å². The van der Waals surface area contributed by atoms with Gasteiger partial charge >= 0.3 is 5.63 Å². The first-order valence-electron chi connectivity index (χ1n) is 6.10. The van der Waals surface area contributed by atoms with Crippen molar-refractivity contribution in [2.45, 2.75) is 13.3 Å². The number of hydrogen-bond donors (Lipinski definition) is 2. The van der Waals surface area contributed by atoms with Crippen molar-refractivity contribution in [1.82, 2.24) is 0 Å². The van der Waals surface area contributed by atoms with E-state index in [1.165, 1.54) is 6.07 Å². The summed E-state index contributed by atoms with van der Waals surface area (Å²) in [6.45, 7) is 2.55. The van der Waals surface area contributed by atoms with Crippen LogP contribution in [0.1, 0.15) is 13.3 Å². The molecular formula is C14H16O5. The molecule has 1 aromatic carbocycles. The summed E-state index contributed by atoms with van der Waals surface area (Å²) >= 11 is 0. The summed E-state index contributed by atoms with van der Waals surface area (Å²) < 4.78 is 10.5. The van der Waals surface area contributed by atoms with Gasteiger partial charge in [0.25, 0.3) is 0 Å². The van der Waals surface area contributed by atoms with Gasteiger partial charge in [0.2, 0.25) is 5.75 Å². The zero-order chi connectivity index (χ0) is 13.8. The lowest BCUT2D eigenvalue weighted by atomic mass is 10.1. The van der Waals surface area contributed by atoms with E-state index in [4.69, 9.17) is 14.3 Å². The smallest absolute Gasteiger partial charge is 0.378 e. The minimum Gasteiger partial charge on any atom is -0.502 e. The minimum atomic E-state index is -0.765. The Balaban J connectivity index is 2.13. The molecule has 102 valence electrons. The number of rotatable bonds is 5. The van der Waals surface area contributed by atoms with Crippen LogP contribution in [0.2, 0.25) is 0 Å². The Morgan fingerprint density at radius 2 is 2.16 bits per heavy atom. The van der Waals surface area contributed by atoms with Crippen molar-refractivity contribution in [2.24, 2.45) is 5.92 Å². The van der Waals surface area contributed by atoms with Crippen LogP contribution in [0.4, 0.5) is 0 Å². The number of benzene rings is 1. The Morgan fingerprint density at radius 1 is 1.37 bits per heavy atom. The summed E-state index contributed by atoms with van der Waals surface area (Å²) in [4.78, 5) is 11.2. The molecule has 1 heterocycles. The van der Waals surface area contributed by atoms with Gasteiger partial charge in [-0.1, -0.05) is 6.92 Å². The number of ether oxygens (including phenoxy) is 1. The third-order valence-corrected chi connectivity index (χ3v) is 2.88. The average molecular weight is 264 g/mol. The standard InChI is InChI=1S/C14H16O5/c1-9(8-15)4-5-18-11-3-2-10-6-12(16)14(17)19-13(10)7-11/h2-3,6-7,9,15-16H,4-5,8H2,1H3. The predicted octanol–water partition coefficient (Wildman–Crippen LogP) is 1.90. The summed E-state index contributed by atoms with van der Waals surface area (Å²) in [5.74, 6) is 0.375. The number of aliphatic hydroxyl groups excluding tert-OH is 1. The highest BCUT2D eigenvalue weighted by atomic mass is 16.5. The van der Waals surface area contributed by atoms with Crippen molar-refractivity contribution in [3.8, 4) is 11.5 Å². The Kier molecular flexibility index (Phi) is 4.06. The highest BCUT2D eigenvalue weighted by Crippen LogP contribution is 2.22. The summed E-state index contributed by atoms with van der Waals surface area (Å²) in [6.07, 6.45) is 0.744. The first-order chi connectivity index (χ1) is 9.10. The van der Waals surface area contributed by atoms with Crippen LogP contribution in [0, 0.1) is 5.92 Å². The van der Waals surface area contributed by atoms with Crippen LogP contribution in [0.5, 0.6) is 11.5 Å². The normalized spacial score (nSPS) is 12.5. The molecule has 2 N–H and O–H groups in total. The third kappa shape index (κ3) is 3.26. The fourth-order valence-corrected chi connectivity index (χ4v) is 1.64. The molecule has 1 atom stereocenters. The van der Waals surface area contributed by atoms with Crippen molar-refractivity contribution < 1.29 is 19.4 Å². The van der Waals surface area contributed by atoms with Gasteiger partial charge in [-0.2, -0.15) is 0 Å². The van der Waals surface area contributed by atoms with Crippen LogP contribution < -0.4 is 10.4 Å². The molecule has 2 rings (SSSR count). The van der Waals surface area contributed by atoms with E-state index in [1.54, 1.807) is 18.2 Å². The summed E-state index contributed by atoms with van der Waals surface area (Å²) in [6, 6.07) is 6.42. The largest absolute Gasteiger partial charge is 0.502 e. The summed E-state index contributed by atoms with van der Waals surface area (Å²) in [7, 11) is 0. The molecule has 1 aromatic heterocycles. The van der Waals surface area contributed by atoms with E-state index in [0.717, 1.165) is 6.42 Å². The third-order valence-electron chi connectivity index (χ3n) is 2.88. The molecule has 2 aromatic rings.